The molecule has 0 atom stereocenters. The highest BCUT2D eigenvalue weighted by Gasteiger charge is 2.06. The topological polar surface area (TPSA) is 55.8 Å². The molecule has 0 amide bonds. The van der Waals surface area contributed by atoms with E-state index in [1.807, 2.05) is 13.8 Å². The Balaban J connectivity index is 2.90. The van der Waals surface area contributed by atoms with Crippen LogP contribution in [0.1, 0.15) is 11.1 Å². The van der Waals surface area contributed by atoms with Gasteiger partial charge in [0.15, 0.2) is 6.61 Å². The van der Waals surface area contributed by atoms with Gasteiger partial charge in [-0.1, -0.05) is 0 Å². The summed E-state index contributed by atoms with van der Waals surface area (Å²) >= 11 is 0. The van der Waals surface area contributed by atoms with Gasteiger partial charge < -0.3 is 14.6 Å². The zero-order valence-electron chi connectivity index (χ0n) is 9.03. The summed E-state index contributed by atoms with van der Waals surface area (Å²) in [6, 6.07) is 3.48. The van der Waals surface area contributed by atoms with Gasteiger partial charge in [-0.05, 0) is 31.0 Å². The second kappa shape index (κ2) is 4.68. The number of benzene rings is 1. The van der Waals surface area contributed by atoms with Crippen LogP contribution in [-0.4, -0.2) is 24.8 Å². The Bertz CT molecular complexity index is 371. The van der Waals surface area contributed by atoms with Crippen LogP contribution in [0.2, 0.25) is 0 Å². The van der Waals surface area contributed by atoms with E-state index in [1.54, 1.807) is 19.2 Å². The quantitative estimate of drug-likeness (QED) is 0.822. The average molecular weight is 210 g/mol. The lowest BCUT2D eigenvalue weighted by molar-refractivity contribution is -0.139. The van der Waals surface area contributed by atoms with E-state index in [4.69, 9.17) is 14.6 Å². The van der Waals surface area contributed by atoms with Crippen molar-refractivity contribution in [1.29, 1.82) is 0 Å². The maximum atomic E-state index is 10.3. The van der Waals surface area contributed by atoms with Crippen LogP contribution in [0.4, 0.5) is 0 Å². The van der Waals surface area contributed by atoms with Crippen molar-refractivity contribution in [3.63, 3.8) is 0 Å². The number of ether oxygens (including phenoxy) is 2. The van der Waals surface area contributed by atoms with Crippen LogP contribution < -0.4 is 9.47 Å². The molecule has 1 aromatic carbocycles. The number of hydrogen-bond acceptors (Lipinski definition) is 3. The molecule has 0 aliphatic heterocycles. The average Bonchev–Trinajstić information content (AvgIpc) is 2.19. The van der Waals surface area contributed by atoms with Crippen LogP contribution >= 0.6 is 0 Å². The normalized spacial score (nSPS) is 9.80. The summed E-state index contributed by atoms with van der Waals surface area (Å²) in [6.45, 7) is 3.52. The van der Waals surface area contributed by atoms with E-state index < -0.39 is 5.97 Å². The fourth-order valence-electron chi connectivity index (χ4n) is 1.24. The maximum Gasteiger partial charge on any atom is 0.341 e. The minimum absolute atomic E-state index is 0.342. The van der Waals surface area contributed by atoms with Crippen LogP contribution in [-0.2, 0) is 4.79 Å². The molecule has 0 aliphatic carbocycles. The standard InChI is InChI=1S/C11H14O4/c1-7-4-9(15-6-11(12)13)5-10(14-3)8(7)2/h4-5H,6H2,1-3H3,(H,12,13). The molecule has 4 heteroatoms. The van der Waals surface area contributed by atoms with Gasteiger partial charge in [-0.15, -0.1) is 0 Å². The number of aryl methyl sites for hydroxylation is 1. The minimum atomic E-state index is -0.993. The summed E-state index contributed by atoms with van der Waals surface area (Å²) in [6.07, 6.45) is 0. The minimum Gasteiger partial charge on any atom is -0.496 e. The highest BCUT2D eigenvalue weighted by molar-refractivity contribution is 5.68. The fraction of sp³-hybridized carbons (Fsp3) is 0.364. The number of rotatable bonds is 4. The number of carboxylic acid groups (broad SMARTS) is 1. The Labute approximate surface area is 88.4 Å². The van der Waals surface area contributed by atoms with Gasteiger partial charge >= 0.3 is 5.97 Å². The van der Waals surface area contributed by atoms with Crippen molar-refractivity contribution in [2.45, 2.75) is 13.8 Å². The highest BCUT2D eigenvalue weighted by atomic mass is 16.5. The second-order valence-electron chi connectivity index (χ2n) is 3.25. The van der Waals surface area contributed by atoms with Crippen LogP contribution in [0.5, 0.6) is 11.5 Å². The first-order chi connectivity index (χ1) is 7.04. The van der Waals surface area contributed by atoms with E-state index in [0.29, 0.717) is 11.5 Å². The molecular formula is C11H14O4. The Hall–Kier alpha value is -1.71. The van der Waals surface area contributed by atoms with Gasteiger partial charge in [0, 0.05) is 6.07 Å². The van der Waals surface area contributed by atoms with Crippen molar-refractivity contribution in [2.75, 3.05) is 13.7 Å². The molecule has 0 radical (unpaired) electrons. The van der Waals surface area contributed by atoms with Crippen LogP contribution in [0, 0.1) is 13.8 Å². The van der Waals surface area contributed by atoms with E-state index in [-0.39, 0.29) is 6.61 Å². The molecule has 0 heterocycles. The summed E-state index contributed by atoms with van der Waals surface area (Å²) in [5.74, 6) is 0.222. The van der Waals surface area contributed by atoms with Gasteiger partial charge in [0.25, 0.3) is 0 Å². The zero-order valence-corrected chi connectivity index (χ0v) is 9.03. The molecule has 0 fully saturated rings. The Kier molecular flexibility index (Phi) is 3.55. The van der Waals surface area contributed by atoms with Gasteiger partial charge in [0.1, 0.15) is 11.5 Å². The van der Waals surface area contributed by atoms with E-state index in [2.05, 4.69) is 0 Å². The zero-order chi connectivity index (χ0) is 11.4. The molecule has 15 heavy (non-hydrogen) atoms. The van der Waals surface area contributed by atoms with E-state index in [1.165, 1.54) is 0 Å². The molecule has 0 bridgehead atoms. The van der Waals surface area contributed by atoms with Gasteiger partial charge in [-0.25, -0.2) is 4.79 Å². The van der Waals surface area contributed by atoms with Crippen molar-refractivity contribution in [1.82, 2.24) is 0 Å². The fourth-order valence-corrected chi connectivity index (χ4v) is 1.24. The smallest absolute Gasteiger partial charge is 0.341 e. The summed E-state index contributed by atoms with van der Waals surface area (Å²) in [7, 11) is 1.57. The molecule has 4 nitrogen and oxygen atoms in total. The largest absolute Gasteiger partial charge is 0.496 e. The summed E-state index contributed by atoms with van der Waals surface area (Å²) in [5, 5.41) is 8.47. The predicted octanol–water partition coefficient (Wildman–Crippen LogP) is 1.78. The maximum absolute atomic E-state index is 10.3. The molecule has 1 rings (SSSR count). The van der Waals surface area contributed by atoms with Crippen LogP contribution in [0.3, 0.4) is 0 Å². The lowest BCUT2D eigenvalue weighted by atomic mass is 10.1. The van der Waals surface area contributed by atoms with Crippen molar-refractivity contribution >= 4 is 5.97 Å². The third-order valence-corrected chi connectivity index (χ3v) is 2.18. The highest BCUT2D eigenvalue weighted by Crippen LogP contribution is 2.27. The number of hydrogen-bond donors (Lipinski definition) is 1. The van der Waals surface area contributed by atoms with Crippen molar-refractivity contribution in [3.05, 3.63) is 23.3 Å². The summed E-state index contributed by atoms with van der Waals surface area (Å²) in [4.78, 5) is 10.3. The molecule has 0 saturated carbocycles. The lowest BCUT2D eigenvalue weighted by Crippen LogP contribution is -2.09. The number of carboxylic acids is 1. The van der Waals surface area contributed by atoms with Gasteiger partial charge in [-0.2, -0.15) is 0 Å². The molecule has 82 valence electrons. The third kappa shape index (κ3) is 2.87. The Morgan fingerprint density at radius 3 is 2.60 bits per heavy atom. The summed E-state index contributed by atoms with van der Waals surface area (Å²) in [5.41, 5.74) is 2.04. The molecular weight excluding hydrogens is 196 g/mol. The molecule has 0 aromatic heterocycles. The van der Waals surface area contributed by atoms with Crippen LogP contribution in [0.25, 0.3) is 0 Å². The van der Waals surface area contributed by atoms with Gasteiger partial charge in [-0.3, -0.25) is 0 Å². The monoisotopic (exact) mass is 210 g/mol. The van der Waals surface area contributed by atoms with E-state index >= 15 is 0 Å². The lowest BCUT2D eigenvalue weighted by Gasteiger charge is -2.11. The molecule has 0 unspecified atom stereocenters. The Morgan fingerprint density at radius 1 is 1.40 bits per heavy atom. The third-order valence-electron chi connectivity index (χ3n) is 2.18. The molecule has 1 N–H and O–H groups in total. The molecule has 0 aliphatic rings. The van der Waals surface area contributed by atoms with E-state index in [9.17, 15) is 4.79 Å². The van der Waals surface area contributed by atoms with Crippen molar-refractivity contribution in [3.8, 4) is 11.5 Å². The van der Waals surface area contributed by atoms with Gasteiger partial charge in [0.2, 0.25) is 0 Å². The predicted molar refractivity (Wildman–Crippen MR) is 55.6 cm³/mol. The Morgan fingerprint density at radius 2 is 2.07 bits per heavy atom. The second-order valence-corrected chi connectivity index (χ2v) is 3.25. The first kappa shape index (κ1) is 11.4. The van der Waals surface area contributed by atoms with Crippen molar-refractivity contribution < 1.29 is 19.4 Å². The first-order valence-corrected chi connectivity index (χ1v) is 4.54. The summed E-state index contributed by atoms with van der Waals surface area (Å²) < 4.78 is 10.2. The van der Waals surface area contributed by atoms with Gasteiger partial charge in [0.05, 0.1) is 7.11 Å². The SMILES string of the molecule is COc1cc(OCC(=O)O)cc(C)c1C. The number of methoxy groups -OCH3 is 1. The molecule has 1 aromatic rings. The van der Waals surface area contributed by atoms with E-state index in [0.717, 1.165) is 11.1 Å². The first-order valence-electron chi connectivity index (χ1n) is 4.54. The van der Waals surface area contributed by atoms with Crippen molar-refractivity contribution in [2.24, 2.45) is 0 Å². The van der Waals surface area contributed by atoms with Crippen LogP contribution in [0.15, 0.2) is 12.1 Å². The molecule has 0 saturated heterocycles. The molecule has 0 spiro atoms. The number of aliphatic carboxylic acids is 1. The number of carbonyl (C=O) groups is 1.